The van der Waals surface area contributed by atoms with Crippen LogP contribution < -0.4 is 0 Å². The van der Waals surface area contributed by atoms with Gasteiger partial charge in [0.05, 0.1) is 16.1 Å². The molecule has 128 valence electrons. The van der Waals surface area contributed by atoms with Crippen molar-refractivity contribution in [2.24, 2.45) is 0 Å². The average Bonchev–Trinajstić information content (AvgIpc) is 3.25. The van der Waals surface area contributed by atoms with Crippen molar-refractivity contribution in [3.63, 3.8) is 0 Å². The number of benzene rings is 2. The summed E-state index contributed by atoms with van der Waals surface area (Å²) in [6.45, 7) is 2.00. The first-order valence-corrected chi connectivity index (χ1v) is 9.40. The standard InChI is InChI=1S/C19H14Cl4N2/c1-10-17(13-4-2-11(20)8-15(13)22)25-18(24-10)19(6-7-19)14-5-3-12(21)9-16(14)23/h2-5,8-9H,6-7H2,1H3,(H,24,25). The number of imidazole rings is 1. The zero-order valence-electron chi connectivity index (χ0n) is 13.3. The summed E-state index contributed by atoms with van der Waals surface area (Å²) in [4.78, 5) is 8.30. The lowest BCUT2D eigenvalue weighted by atomic mass is 9.95. The molecule has 0 radical (unpaired) electrons. The van der Waals surface area contributed by atoms with E-state index >= 15 is 0 Å². The molecule has 0 saturated heterocycles. The predicted octanol–water partition coefficient (Wildman–Crippen LogP) is 7.08. The molecule has 0 bridgehead atoms. The van der Waals surface area contributed by atoms with Crippen molar-refractivity contribution in [1.82, 2.24) is 9.97 Å². The minimum atomic E-state index is -0.177. The third-order valence-corrected chi connectivity index (χ3v) is 5.82. The molecule has 3 aromatic rings. The van der Waals surface area contributed by atoms with E-state index in [9.17, 15) is 0 Å². The maximum atomic E-state index is 6.45. The van der Waals surface area contributed by atoms with Crippen LogP contribution in [0.4, 0.5) is 0 Å². The van der Waals surface area contributed by atoms with Crippen molar-refractivity contribution in [1.29, 1.82) is 0 Å². The predicted molar refractivity (Wildman–Crippen MR) is 105 cm³/mol. The molecule has 1 saturated carbocycles. The van der Waals surface area contributed by atoms with E-state index in [0.29, 0.717) is 20.1 Å². The Kier molecular flexibility index (Phi) is 4.28. The molecule has 1 aromatic heterocycles. The molecule has 25 heavy (non-hydrogen) atoms. The number of H-pyrrole nitrogens is 1. The van der Waals surface area contributed by atoms with E-state index in [1.807, 2.05) is 31.2 Å². The fourth-order valence-electron chi connectivity index (χ4n) is 3.27. The van der Waals surface area contributed by atoms with Crippen molar-refractivity contribution >= 4 is 46.4 Å². The summed E-state index contributed by atoms with van der Waals surface area (Å²) in [6.07, 6.45) is 1.99. The Labute approximate surface area is 166 Å². The molecule has 2 aromatic carbocycles. The van der Waals surface area contributed by atoms with Gasteiger partial charge in [-0.05, 0) is 55.7 Å². The van der Waals surface area contributed by atoms with Crippen molar-refractivity contribution in [2.45, 2.75) is 25.2 Å². The van der Waals surface area contributed by atoms with Gasteiger partial charge in [-0.2, -0.15) is 0 Å². The van der Waals surface area contributed by atoms with Gasteiger partial charge in [0.25, 0.3) is 0 Å². The molecule has 1 N–H and O–H groups in total. The molecule has 1 heterocycles. The van der Waals surface area contributed by atoms with Gasteiger partial charge in [-0.3, -0.25) is 0 Å². The maximum Gasteiger partial charge on any atom is 0.117 e. The first-order chi connectivity index (χ1) is 11.9. The Hall–Kier alpha value is -1.19. The van der Waals surface area contributed by atoms with Gasteiger partial charge in [-0.1, -0.05) is 52.5 Å². The van der Waals surface area contributed by atoms with Crippen LogP contribution in [0.1, 0.15) is 29.9 Å². The Morgan fingerprint density at radius 1 is 0.920 bits per heavy atom. The van der Waals surface area contributed by atoms with Crippen molar-refractivity contribution in [3.8, 4) is 11.3 Å². The lowest BCUT2D eigenvalue weighted by Gasteiger charge is -2.15. The van der Waals surface area contributed by atoms with Crippen LogP contribution in [0, 0.1) is 6.92 Å². The van der Waals surface area contributed by atoms with Crippen LogP contribution in [0.2, 0.25) is 20.1 Å². The molecule has 1 aliphatic carbocycles. The van der Waals surface area contributed by atoms with Gasteiger partial charge in [0.1, 0.15) is 5.82 Å². The third kappa shape index (κ3) is 2.96. The molecule has 0 amide bonds. The number of rotatable bonds is 3. The van der Waals surface area contributed by atoms with Gasteiger partial charge in [-0.25, -0.2) is 4.98 Å². The smallest absolute Gasteiger partial charge is 0.117 e. The van der Waals surface area contributed by atoms with E-state index in [2.05, 4.69) is 4.98 Å². The minimum absolute atomic E-state index is 0.177. The largest absolute Gasteiger partial charge is 0.345 e. The Morgan fingerprint density at radius 3 is 2.16 bits per heavy atom. The topological polar surface area (TPSA) is 28.7 Å². The summed E-state index contributed by atoms with van der Waals surface area (Å²) in [6, 6.07) is 11.1. The summed E-state index contributed by atoms with van der Waals surface area (Å²) in [5, 5.41) is 2.50. The number of nitrogens with zero attached hydrogens (tertiary/aromatic N) is 1. The average molecular weight is 412 g/mol. The van der Waals surface area contributed by atoms with Gasteiger partial charge in [-0.15, -0.1) is 0 Å². The lowest BCUT2D eigenvalue weighted by molar-refractivity contribution is 0.772. The molecule has 0 spiro atoms. The monoisotopic (exact) mass is 410 g/mol. The van der Waals surface area contributed by atoms with E-state index < -0.39 is 0 Å². The van der Waals surface area contributed by atoms with Crippen LogP contribution in [-0.2, 0) is 5.41 Å². The SMILES string of the molecule is Cc1[nH]c(C2(c3ccc(Cl)cc3Cl)CC2)nc1-c1ccc(Cl)cc1Cl. The number of hydrogen-bond acceptors (Lipinski definition) is 1. The Bertz CT molecular complexity index is 974. The fourth-order valence-corrected chi connectivity index (χ4v) is 4.35. The minimum Gasteiger partial charge on any atom is -0.345 e. The fraction of sp³-hybridized carbons (Fsp3) is 0.211. The van der Waals surface area contributed by atoms with Gasteiger partial charge in [0, 0.05) is 26.3 Å². The van der Waals surface area contributed by atoms with Crippen LogP contribution in [0.3, 0.4) is 0 Å². The Morgan fingerprint density at radius 2 is 1.56 bits per heavy atom. The second-order valence-electron chi connectivity index (χ2n) is 6.39. The lowest BCUT2D eigenvalue weighted by Crippen LogP contribution is -2.11. The molecular formula is C19H14Cl4N2. The van der Waals surface area contributed by atoms with Gasteiger partial charge in [0.15, 0.2) is 0 Å². The van der Waals surface area contributed by atoms with E-state index in [1.54, 1.807) is 12.1 Å². The highest BCUT2D eigenvalue weighted by Gasteiger charge is 2.50. The van der Waals surface area contributed by atoms with E-state index in [4.69, 9.17) is 51.4 Å². The summed E-state index contributed by atoms with van der Waals surface area (Å²) in [5.74, 6) is 0.912. The van der Waals surface area contributed by atoms with E-state index in [0.717, 1.165) is 41.2 Å². The number of nitrogens with one attached hydrogen (secondary N) is 1. The third-order valence-electron chi connectivity index (χ3n) is 4.72. The van der Waals surface area contributed by atoms with Crippen LogP contribution >= 0.6 is 46.4 Å². The summed E-state index contributed by atoms with van der Waals surface area (Å²) in [7, 11) is 0. The first-order valence-electron chi connectivity index (χ1n) is 7.89. The van der Waals surface area contributed by atoms with E-state index in [1.165, 1.54) is 0 Å². The number of aromatic amines is 1. The molecule has 1 aliphatic rings. The number of aryl methyl sites for hydroxylation is 1. The second-order valence-corrected chi connectivity index (χ2v) is 8.08. The highest BCUT2D eigenvalue weighted by molar-refractivity contribution is 6.36. The summed E-state index contributed by atoms with van der Waals surface area (Å²) >= 11 is 24.9. The molecule has 2 nitrogen and oxygen atoms in total. The number of aromatic nitrogens is 2. The highest BCUT2D eigenvalue weighted by atomic mass is 35.5. The van der Waals surface area contributed by atoms with Gasteiger partial charge < -0.3 is 4.98 Å². The molecule has 4 rings (SSSR count). The second kappa shape index (κ2) is 6.21. The van der Waals surface area contributed by atoms with Crippen LogP contribution in [-0.4, -0.2) is 9.97 Å². The van der Waals surface area contributed by atoms with Gasteiger partial charge >= 0.3 is 0 Å². The van der Waals surface area contributed by atoms with Crippen molar-refractivity contribution in [3.05, 3.63) is 73.6 Å². The molecule has 0 atom stereocenters. The first kappa shape index (κ1) is 17.2. The molecular weight excluding hydrogens is 398 g/mol. The zero-order chi connectivity index (χ0) is 17.8. The molecule has 0 unspecified atom stereocenters. The van der Waals surface area contributed by atoms with E-state index in [-0.39, 0.29) is 5.41 Å². The van der Waals surface area contributed by atoms with Crippen LogP contribution in [0.15, 0.2) is 36.4 Å². The van der Waals surface area contributed by atoms with Crippen molar-refractivity contribution < 1.29 is 0 Å². The normalized spacial score (nSPS) is 15.4. The zero-order valence-corrected chi connectivity index (χ0v) is 16.4. The molecule has 0 aliphatic heterocycles. The molecule has 1 fully saturated rings. The summed E-state index contributed by atoms with van der Waals surface area (Å²) < 4.78 is 0. The highest BCUT2D eigenvalue weighted by Crippen LogP contribution is 2.55. The van der Waals surface area contributed by atoms with Gasteiger partial charge in [0.2, 0.25) is 0 Å². The number of hydrogen-bond donors (Lipinski definition) is 1. The summed E-state index contributed by atoms with van der Waals surface area (Å²) in [5.41, 5.74) is 3.55. The quantitative estimate of drug-likeness (QED) is 0.490. The van der Waals surface area contributed by atoms with Crippen molar-refractivity contribution in [2.75, 3.05) is 0 Å². The van der Waals surface area contributed by atoms with Crippen LogP contribution in [0.5, 0.6) is 0 Å². The number of halogens is 4. The van der Waals surface area contributed by atoms with Crippen LogP contribution in [0.25, 0.3) is 11.3 Å². The maximum absolute atomic E-state index is 6.45. The Balaban J connectivity index is 1.80. The molecule has 6 heteroatoms.